The molecular weight excluding hydrogens is 476 g/mol. The Morgan fingerprint density at radius 2 is 1.34 bits per heavy atom. The van der Waals surface area contributed by atoms with Gasteiger partial charge in [0.05, 0.1) is 11.8 Å². The van der Waals surface area contributed by atoms with Gasteiger partial charge in [0.15, 0.2) is 0 Å². The average molecular weight is 505 g/mol. The summed E-state index contributed by atoms with van der Waals surface area (Å²) >= 11 is 0. The minimum atomic E-state index is -0.918. The number of imide groups is 1. The monoisotopic (exact) mass is 504 g/mol. The number of carbonyl (C=O) groups is 3. The number of benzene rings is 3. The third-order valence-corrected chi connectivity index (χ3v) is 8.68. The van der Waals surface area contributed by atoms with E-state index in [1.54, 1.807) is 24.3 Å². The van der Waals surface area contributed by atoms with Crippen molar-refractivity contribution in [2.24, 2.45) is 35.5 Å². The van der Waals surface area contributed by atoms with Crippen molar-refractivity contribution in [3.63, 3.8) is 0 Å². The van der Waals surface area contributed by atoms with E-state index >= 15 is 0 Å². The standard InChI is InChI=1S/C32H28N2O4/c35-30(33-20-11-13-22(14-12-20)38-21-9-5-2-6-10-21)27(17-19-7-3-1-4-8-19)34-31(36)28-23-15-16-24(26-18-25(23)26)29(28)32(34)37/h1-16,23-29H,17-18H2,(H,33,35)/t23-,24-,25-,26+,27+,28+,29+/m1/s1. The quantitative estimate of drug-likeness (QED) is 0.360. The first kappa shape index (κ1) is 23.0. The van der Waals surface area contributed by atoms with Gasteiger partial charge in [0.1, 0.15) is 17.5 Å². The number of nitrogens with zero attached hydrogens (tertiary/aromatic N) is 1. The SMILES string of the molecule is O=C(Nc1ccc(Oc2ccccc2)cc1)[C@H](Cc1ccccc1)N1C(=O)[C@H]2[C@@H]3C=C[C@H]([C@@H]4C[C@H]34)[C@@H]2C1=O. The summed E-state index contributed by atoms with van der Waals surface area (Å²) in [5.41, 5.74) is 1.48. The Hall–Kier alpha value is -4.19. The van der Waals surface area contributed by atoms with E-state index in [1.807, 2.05) is 60.7 Å². The molecule has 190 valence electrons. The van der Waals surface area contributed by atoms with E-state index in [-0.39, 0.29) is 47.8 Å². The molecule has 0 spiro atoms. The summed E-state index contributed by atoms with van der Waals surface area (Å²) in [7, 11) is 0. The summed E-state index contributed by atoms with van der Waals surface area (Å²) in [6.45, 7) is 0. The molecule has 0 unspecified atom stereocenters. The number of anilines is 1. The van der Waals surface area contributed by atoms with Crippen molar-refractivity contribution < 1.29 is 19.1 Å². The van der Waals surface area contributed by atoms with Crippen molar-refractivity contribution in [1.82, 2.24) is 4.90 Å². The summed E-state index contributed by atoms with van der Waals surface area (Å²) in [6.07, 6.45) is 5.68. The molecule has 1 aliphatic heterocycles. The second kappa shape index (κ2) is 8.98. The molecule has 5 aliphatic rings. The maximum absolute atomic E-state index is 13.8. The second-order valence-electron chi connectivity index (χ2n) is 10.8. The van der Waals surface area contributed by atoms with Crippen LogP contribution in [0.5, 0.6) is 11.5 Å². The summed E-state index contributed by atoms with van der Waals surface area (Å²) in [5.74, 6) is 1.23. The molecule has 2 saturated carbocycles. The van der Waals surface area contributed by atoms with Gasteiger partial charge in [-0.3, -0.25) is 19.3 Å². The van der Waals surface area contributed by atoms with Crippen molar-refractivity contribution in [2.75, 3.05) is 5.32 Å². The normalized spacial score (nSPS) is 29.0. The Kier molecular flexibility index (Phi) is 5.43. The van der Waals surface area contributed by atoms with Crippen LogP contribution in [0.2, 0.25) is 0 Å². The Morgan fingerprint density at radius 3 is 1.95 bits per heavy atom. The lowest BCUT2D eigenvalue weighted by Gasteiger charge is -2.37. The predicted molar refractivity (Wildman–Crippen MR) is 142 cm³/mol. The van der Waals surface area contributed by atoms with Crippen molar-refractivity contribution in [1.29, 1.82) is 0 Å². The summed E-state index contributed by atoms with van der Waals surface area (Å²) in [4.78, 5) is 42.6. The molecule has 3 aromatic carbocycles. The number of ether oxygens (including phenoxy) is 1. The molecule has 4 aliphatic carbocycles. The Bertz CT molecular complexity index is 1380. The molecule has 7 atom stereocenters. The molecule has 1 heterocycles. The van der Waals surface area contributed by atoms with Gasteiger partial charge in [-0.2, -0.15) is 0 Å². The van der Waals surface area contributed by atoms with Crippen LogP contribution < -0.4 is 10.1 Å². The largest absolute Gasteiger partial charge is 0.457 e. The van der Waals surface area contributed by atoms with Gasteiger partial charge in [-0.05, 0) is 72.1 Å². The van der Waals surface area contributed by atoms with Crippen molar-refractivity contribution >= 4 is 23.4 Å². The molecule has 8 rings (SSSR count). The minimum absolute atomic E-state index is 0.119. The van der Waals surface area contributed by atoms with Crippen molar-refractivity contribution in [3.05, 3.63) is 103 Å². The number of nitrogens with one attached hydrogen (secondary N) is 1. The predicted octanol–water partition coefficient (Wildman–Crippen LogP) is 5.08. The smallest absolute Gasteiger partial charge is 0.248 e. The van der Waals surface area contributed by atoms with Crippen LogP contribution in [0.4, 0.5) is 5.69 Å². The highest BCUT2D eigenvalue weighted by atomic mass is 16.5. The van der Waals surface area contributed by atoms with Gasteiger partial charge < -0.3 is 10.1 Å². The topological polar surface area (TPSA) is 75.7 Å². The lowest BCUT2D eigenvalue weighted by atomic mass is 9.63. The highest BCUT2D eigenvalue weighted by Crippen LogP contribution is 2.65. The van der Waals surface area contributed by atoms with Crippen LogP contribution in [0.1, 0.15) is 12.0 Å². The van der Waals surface area contributed by atoms with Crippen LogP contribution in [0.3, 0.4) is 0 Å². The molecule has 3 fully saturated rings. The maximum Gasteiger partial charge on any atom is 0.248 e. The van der Waals surface area contributed by atoms with E-state index in [2.05, 4.69) is 17.5 Å². The van der Waals surface area contributed by atoms with E-state index in [0.29, 0.717) is 23.3 Å². The van der Waals surface area contributed by atoms with Crippen molar-refractivity contribution in [2.45, 2.75) is 18.9 Å². The van der Waals surface area contributed by atoms with Crippen LogP contribution in [-0.2, 0) is 20.8 Å². The van der Waals surface area contributed by atoms with Crippen LogP contribution in [0.25, 0.3) is 0 Å². The van der Waals surface area contributed by atoms with E-state index in [4.69, 9.17) is 4.74 Å². The molecule has 3 aromatic rings. The van der Waals surface area contributed by atoms with Gasteiger partial charge >= 0.3 is 0 Å². The van der Waals surface area contributed by atoms with Crippen molar-refractivity contribution in [3.8, 4) is 11.5 Å². The lowest BCUT2D eigenvalue weighted by molar-refractivity contribution is -0.146. The highest BCUT2D eigenvalue weighted by Gasteiger charge is 2.67. The maximum atomic E-state index is 13.8. The number of hydrogen-bond acceptors (Lipinski definition) is 4. The lowest BCUT2D eigenvalue weighted by Crippen LogP contribution is -2.49. The number of rotatable bonds is 7. The zero-order chi connectivity index (χ0) is 25.8. The van der Waals surface area contributed by atoms with Gasteiger partial charge in [0.25, 0.3) is 0 Å². The van der Waals surface area contributed by atoms with Gasteiger partial charge in [0.2, 0.25) is 17.7 Å². The van der Waals surface area contributed by atoms with Gasteiger partial charge in [-0.15, -0.1) is 0 Å². The number of para-hydroxylation sites is 1. The number of hydrogen-bond donors (Lipinski definition) is 1. The zero-order valence-electron chi connectivity index (χ0n) is 20.8. The molecule has 1 saturated heterocycles. The van der Waals surface area contributed by atoms with E-state index in [0.717, 1.165) is 17.7 Å². The summed E-state index contributed by atoms with van der Waals surface area (Å²) < 4.78 is 5.85. The number of likely N-dealkylation sites (tertiary alicyclic amines) is 1. The fourth-order valence-corrected chi connectivity index (χ4v) is 6.88. The van der Waals surface area contributed by atoms with Crippen LogP contribution in [0.15, 0.2) is 97.1 Å². The fraction of sp³-hybridized carbons (Fsp3) is 0.281. The molecule has 6 nitrogen and oxygen atoms in total. The van der Waals surface area contributed by atoms with Crippen LogP contribution in [0, 0.1) is 35.5 Å². The van der Waals surface area contributed by atoms with Gasteiger partial charge in [-0.1, -0.05) is 60.7 Å². The van der Waals surface area contributed by atoms with E-state index in [9.17, 15) is 14.4 Å². The Labute approximate surface area is 221 Å². The number of amides is 3. The van der Waals surface area contributed by atoms with E-state index in [1.165, 1.54) is 4.90 Å². The van der Waals surface area contributed by atoms with Crippen LogP contribution >= 0.6 is 0 Å². The first-order chi connectivity index (χ1) is 18.6. The molecule has 2 bridgehead atoms. The highest BCUT2D eigenvalue weighted by molar-refractivity contribution is 6.10. The fourth-order valence-electron chi connectivity index (χ4n) is 6.88. The first-order valence-electron chi connectivity index (χ1n) is 13.3. The Balaban J connectivity index is 1.14. The Morgan fingerprint density at radius 1 is 0.789 bits per heavy atom. The number of carbonyl (C=O) groups excluding carboxylic acids is 3. The molecule has 38 heavy (non-hydrogen) atoms. The molecular formula is C32H28N2O4. The first-order valence-corrected chi connectivity index (χ1v) is 13.3. The van der Waals surface area contributed by atoms with Gasteiger partial charge in [0, 0.05) is 12.1 Å². The summed E-state index contributed by atoms with van der Waals surface area (Å²) in [5, 5.41) is 2.95. The third-order valence-electron chi connectivity index (χ3n) is 8.68. The average Bonchev–Trinajstić information content (AvgIpc) is 3.73. The third kappa shape index (κ3) is 3.83. The second-order valence-corrected chi connectivity index (χ2v) is 10.8. The van der Waals surface area contributed by atoms with Gasteiger partial charge in [-0.25, -0.2) is 0 Å². The molecule has 6 heteroatoms. The molecule has 0 aromatic heterocycles. The van der Waals surface area contributed by atoms with Crippen LogP contribution in [-0.4, -0.2) is 28.7 Å². The zero-order valence-corrected chi connectivity index (χ0v) is 20.8. The molecule has 0 radical (unpaired) electrons. The molecule has 3 amide bonds. The van der Waals surface area contributed by atoms with E-state index < -0.39 is 6.04 Å². The molecule has 1 N–H and O–H groups in total. The summed E-state index contributed by atoms with van der Waals surface area (Å²) in [6, 6.07) is 25.2. The number of allylic oxidation sites excluding steroid dienone is 2. The minimum Gasteiger partial charge on any atom is -0.457 e.